The molecule has 386 valence electrons. The van der Waals surface area contributed by atoms with Crippen molar-refractivity contribution in [2.24, 2.45) is 0 Å². The number of hydrogen-bond acceptors (Lipinski definition) is 6. The average Bonchev–Trinajstić information content (AvgIpc) is 3.33. The van der Waals surface area contributed by atoms with Gasteiger partial charge in [0.15, 0.2) is 6.10 Å². The topological polar surface area (TPSA) is 78.9 Å². The number of carbonyl (C=O) groups is 3. The Morgan fingerprint density at radius 1 is 0.313 bits per heavy atom. The molecule has 0 aliphatic heterocycles. The molecule has 0 aromatic carbocycles. The van der Waals surface area contributed by atoms with Crippen LogP contribution in [-0.2, 0) is 28.6 Å². The van der Waals surface area contributed by atoms with E-state index in [1.807, 2.05) is 0 Å². The van der Waals surface area contributed by atoms with Crippen LogP contribution >= 0.6 is 0 Å². The number of unbranched alkanes of at least 4 members (excludes halogenated alkanes) is 28. The van der Waals surface area contributed by atoms with Crippen LogP contribution in [0, 0.1) is 0 Å². The lowest BCUT2D eigenvalue weighted by atomic mass is 10.0. The average molecular weight is 936 g/mol. The highest BCUT2D eigenvalue weighted by Gasteiger charge is 2.19. The fourth-order valence-corrected chi connectivity index (χ4v) is 7.93. The molecule has 0 spiro atoms. The van der Waals surface area contributed by atoms with Crippen molar-refractivity contribution >= 4 is 17.9 Å². The summed E-state index contributed by atoms with van der Waals surface area (Å²) in [6.45, 7) is 6.51. The molecule has 0 fully saturated rings. The van der Waals surface area contributed by atoms with Crippen molar-refractivity contribution in [2.45, 2.75) is 284 Å². The third-order valence-electron chi connectivity index (χ3n) is 12.2. The van der Waals surface area contributed by atoms with Gasteiger partial charge >= 0.3 is 17.9 Å². The fourth-order valence-electron chi connectivity index (χ4n) is 7.93. The second-order valence-corrected chi connectivity index (χ2v) is 18.8. The molecule has 0 rings (SSSR count). The van der Waals surface area contributed by atoms with Crippen molar-refractivity contribution in [3.8, 4) is 0 Å². The van der Waals surface area contributed by atoms with E-state index in [0.29, 0.717) is 19.3 Å². The first-order valence-corrected chi connectivity index (χ1v) is 28.4. The standard InChI is InChI=1S/C61H106O6/c1-4-7-10-13-16-19-22-25-27-28-29-30-31-32-33-34-35-37-39-42-45-48-51-54-60(63)66-57-58(56-65-59(62)53-50-47-44-41-38-24-21-18-15-12-9-6-3)67-61(64)55-52-49-46-43-40-36-26-23-20-17-14-11-8-5-2/h7,10,16,19,23,25-27,29-30,32-33,58H,4-6,8-9,11-15,17-18,20-22,24,28,31,34-57H2,1-3H3/b10-7-,19-16-,26-23-,27-25-,30-29-,33-32-. The van der Waals surface area contributed by atoms with Crippen LogP contribution < -0.4 is 0 Å². The quantitative estimate of drug-likeness (QED) is 0.0262. The first-order chi connectivity index (χ1) is 33.0. The smallest absolute Gasteiger partial charge is 0.306 e. The van der Waals surface area contributed by atoms with E-state index in [-0.39, 0.29) is 31.1 Å². The van der Waals surface area contributed by atoms with Crippen molar-refractivity contribution in [1.82, 2.24) is 0 Å². The van der Waals surface area contributed by atoms with Gasteiger partial charge in [-0.05, 0) is 89.9 Å². The molecule has 0 aromatic rings. The van der Waals surface area contributed by atoms with Crippen LogP contribution in [0.25, 0.3) is 0 Å². The van der Waals surface area contributed by atoms with Gasteiger partial charge in [0.2, 0.25) is 0 Å². The van der Waals surface area contributed by atoms with Crippen LogP contribution in [0.3, 0.4) is 0 Å². The van der Waals surface area contributed by atoms with E-state index in [9.17, 15) is 14.4 Å². The van der Waals surface area contributed by atoms with Crippen molar-refractivity contribution in [2.75, 3.05) is 13.2 Å². The summed E-state index contributed by atoms with van der Waals surface area (Å²) in [4.78, 5) is 38.1. The lowest BCUT2D eigenvalue weighted by Crippen LogP contribution is -2.30. The van der Waals surface area contributed by atoms with E-state index in [2.05, 4.69) is 93.7 Å². The molecule has 0 bridgehead atoms. The lowest BCUT2D eigenvalue weighted by molar-refractivity contribution is -0.167. The molecular formula is C61H106O6. The molecule has 0 aliphatic rings. The van der Waals surface area contributed by atoms with Gasteiger partial charge in [-0.2, -0.15) is 0 Å². The predicted molar refractivity (Wildman–Crippen MR) is 288 cm³/mol. The summed E-state index contributed by atoms with van der Waals surface area (Å²) in [5.74, 6) is -0.893. The maximum atomic E-state index is 12.8. The Morgan fingerprint density at radius 3 is 0.925 bits per heavy atom. The highest BCUT2D eigenvalue weighted by Crippen LogP contribution is 2.15. The van der Waals surface area contributed by atoms with Crippen LogP contribution in [0.1, 0.15) is 278 Å². The van der Waals surface area contributed by atoms with Crippen LogP contribution in [0.2, 0.25) is 0 Å². The molecule has 0 aliphatic carbocycles. The van der Waals surface area contributed by atoms with E-state index in [1.54, 1.807) is 0 Å². The zero-order valence-corrected chi connectivity index (χ0v) is 44.2. The van der Waals surface area contributed by atoms with E-state index in [4.69, 9.17) is 14.2 Å². The summed E-state index contributed by atoms with van der Waals surface area (Å²) in [5.41, 5.74) is 0. The summed E-state index contributed by atoms with van der Waals surface area (Å²) in [5, 5.41) is 0. The van der Waals surface area contributed by atoms with Crippen molar-refractivity contribution < 1.29 is 28.6 Å². The van der Waals surface area contributed by atoms with E-state index in [0.717, 1.165) is 109 Å². The highest BCUT2D eigenvalue weighted by molar-refractivity contribution is 5.71. The molecule has 0 heterocycles. The number of rotatable bonds is 51. The Bertz CT molecular complexity index is 1260. The molecule has 0 saturated carbocycles. The van der Waals surface area contributed by atoms with Gasteiger partial charge in [0, 0.05) is 19.3 Å². The number of esters is 3. The summed E-state index contributed by atoms with van der Waals surface area (Å²) < 4.78 is 16.8. The molecule has 67 heavy (non-hydrogen) atoms. The Labute approximate surface area is 414 Å². The van der Waals surface area contributed by atoms with E-state index < -0.39 is 6.10 Å². The maximum absolute atomic E-state index is 12.8. The number of allylic oxidation sites excluding steroid dienone is 12. The van der Waals surface area contributed by atoms with E-state index in [1.165, 1.54) is 128 Å². The molecule has 0 N–H and O–H groups in total. The molecule has 0 amide bonds. The van der Waals surface area contributed by atoms with Crippen molar-refractivity contribution in [1.29, 1.82) is 0 Å². The summed E-state index contributed by atoms with van der Waals surface area (Å²) in [6, 6.07) is 0. The van der Waals surface area contributed by atoms with Crippen molar-refractivity contribution in [3.05, 3.63) is 72.9 Å². The Kier molecular flexibility index (Phi) is 52.8. The molecule has 1 unspecified atom stereocenters. The van der Waals surface area contributed by atoms with Crippen LogP contribution in [0.4, 0.5) is 0 Å². The maximum Gasteiger partial charge on any atom is 0.306 e. The van der Waals surface area contributed by atoms with Gasteiger partial charge < -0.3 is 14.2 Å². The molecule has 0 aromatic heterocycles. The summed E-state index contributed by atoms with van der Waals surface area (Å²) >= 11 is 0. The van der Waals surface area contributed by atoms with Gasteiger partial charge in [-0.25, -0.2) is 0 Å². The summed E-state index contributed by atoms with van der Waals surface area (Å²) in [6.07, 6.45) is 70.3. The zero-order chi connectivity index (χ0) is 48.6. The monoisotopic (exact) mass is 935 g/mol. The number of carbonyl (C=O) groups excluding carboxylic acids is 3. The minimum atomic E-state index is -0.782. The van der Waals surface area contributed by atoms with Gasteiger partial charge in [-0.15, -0.1) is 0 Å². The first-order valence-electron chi connectivity index (χ1n) is 28.4. The molecule has 6 nitrogen and oxygen atoms in total. The lowest BCUT2D eigenvalue weighted by Gasteiger charge is -2.18. The van der Waals surface area contributed by atoms with E-state index >= 15 is 0 Å². The SMILES string of the molecule is CC/C=C\C/C=C\C/C=C\C/C=C\C/C=C\CCCCCCCCCC(=O)OCC(COC(=O)CCCCCCCCCCCCCC)OC(=O)CCCCCCC/C=C\CCCCCCC. The molecule has 6 heteroatoms. The highest BCUT2D eigenvalue weighted by atomic mass is 16.6. The van der Waals surface area contributed by atoms with Gasteiger partial charge in [0.05, 0.1) is 0 Å². The normalized spacial score (nSPS) is 12.6. The Morgan fingerprint density at radius 2 is 0.582 bits per heavy atom. The molecule has 0 saturated heterocycles. The number of ether oxygens (including phenoxy) is 3. The number of hydrogen-bond donors (Lipinski definition) is 0. The van der Waals surface area contributed by atoms with Crippen LogP contribution in [0.15, 0.2) is 72.9 Å². The van der Waals surface area contributed by atoms with Gasteiger partial charge in [-0.3, -0.25) is 14.4 Å². The van der Waals surface area contributed by atoms with Crippen LogP contribution in [-0.4, -0.2) is 37.2 Å². The molecule has 1 atom stereocenters. The third kappa shape index (κ3) is 53.7. The van der Waals surface area contributed by atoms with Gasteiger partial charge in [0.25, 0.3) is 0 Å². The molecular weight excluding hydrogens is 829 g/mol. The van der Waals surface area contributed by atoms with Crippen LogP contribution in [0.5, 0.6) is 0 Å². The Hall–Kier alpha value is -3.15. The minimum Gasteiger partial charge on any atom is -0.462 e. The first kappa shape index (κ1) is 63.8. The molecule has 0 radical (unpaired) electrons. The minimum absolute atomic E-state index is 0.0799. The largest absolute Gasteiger partial charge is 0.462 e. The summed E-state index contributed by atoms with van der Waals surface area (Å²) in [7, 11) is 0. The third-order valence-corrected chi connectivity index (χ3v) is 12.2. The second kappa shape index (κ2) is 55.4. The fraction of sp³-hybridized carbons (Fsp3) is 0.754. The van der Waals surface area contributed by atoms with Gasteiger partial charge in [-0.1, -0.05) is 241 Å². The van der Waals surface area contributed by atoms with Gasteiger partial charge in [0.1, 0.15) is 13.2 Å². The Balaban J connectivity index is 4.34. The zero-order valence-electron chi connectivity index (χ0n) is 44.2. The predicted octanol–water partition coefficient (Wildman–Crippen LogP) is 19.0. The second-order valence-electron chi connectivity index (χ2n) is 18.8. The van der Waals surface area contributed by atoms with Crippen molar-refractivity contribution in [3.63, 3.8) is 0 Å².